The highest BCUT2D eigenvalue weighted by atomic mass is 35.5. The molecule has 0 spiro atoms. The summed E-state index contributed by atoms with van der Waals surface area (Å²) in [5.41, 5.74) is 7.85. The zero-order valence-corrected chi connectivity index (χ0v) is 17.3. The number of rotatable bonds is 6. The summed E-state index contributed by atoms with van der Waals surface area (Å²) in [5, 5.41) is 3.46. The number of aromatic amines is 1. The van der Waals surface area contributed by atoms with Crippen LogP contribution in [0.4, 0.5) is 10.2 Å². The second-order valence-corrected chi connectivity index (χ2v) is 6.64. The molecule has 0 fully saturated rings. The van der Waals surface area contributed by atoms with E-state index in [1.807, 2.05) is 26.0 Å². The Bertz CT molecular complexity index is 872. The average molecular weight is 436 g/mol. The molecule has 3 rings (SSSR count). The summed E-state index contributed by atoms with van der Waals surface area (Å²) in [6, 6.07) is 3.58. The van der Waals surface area contributed by atoms with Crippen molar-refractivity contribution < 1.29 is 4.39 Å². The lowest BCUT2D eigenvalue weighted by molar-refractivity contribution is 0.477. The minimum atomic E-state index is -0.389. The maximum atomic E-state index is 14.9. The first-order valence-electron chi connectivity index (χ1n) is 8.07. The van der Waals surface area contributed by atoms with Gasteiger partial charge in [-0.3, -0.25) is 4.98 Å². The number of halogens is 4. The third-order valence-corrected chi connectivity index (χ3v) is 4.31. The number of hydrogen-bond donors (Lipinski definition) is 3. The van der Waals surface area contributed by atoms with Crippen molar-refractivity contribution in [2.75, 3.05) is 5.32 Å². The molecule has 0 saturated heterocycles. The SMILES string of the molecule is CC(C)[C@H](N)Cc1[nH]c2nc(Cl)nc(NCc3ccncc3)c2c1F.Cl.Cl. The summed E-state index contributed by atoms with van der Waals surface area (Å²) < 4.78 is 14.9. The Morgan fingerprint density at radius 2 is 1.89 bits per heavy atom. The molecule has 0 aliphatic rings. The maximum Gasteiger partial charge on any atom is 0.226 e. The van der Waals surface area contributed by atoms with E-state index < -0.39 is 0 Å². The molecular weight excluding hydrogens is 414 g/mol. The number of nitrogens with zero attached hydrogens (tertiary/aromatic N) is 3. The molecule has 3 heterocycles. The highest BCUT2D eigenvalue weighted by Gasteiger charge is 2.20. The molecule has 1 atom stereocenters. The van der Waals surface area contributed by atoms with Gasteiger partial charge in [0, 0.05) is 31.4 Å². The lowest BCUT2D eigenvalue weighted by atomic mass is 10.0. The van der Waals surface area contributed by atoms with E-state index in [4.69, 9.17) is 17.3 Å². The van der Waals surface area contributed by atoms with Crippen molar-refractivity contribution in [1.29, 1.82) is 0 Å². The predicted octanol–water partition coefficient (Wildman–Crippen LogP) is 4.13. The second-order valence-electron chi connectivity index (χ2n) is 6.30. The number of nitrogens with two attached hydrogens (primary N) is 1. The molecule has 0 radical (unpaired) electrons. The summed E-state index contributed by atoms with van der Waals surface area (Å²) in [7, 11) is 0. The van der Waals surface area contributed by atoms with Gasteiger partial charge in [-0.05, 0) is 35.2 Å². The molecule has 0 aliphatic carbocycles. The number of hydrogen-bond acceptors (Lipinski definition) is 5. The summed E-state index contributed by atoms with van der Waals surface area (Å²) in [6.45, 7) is 4.48. The van der Waals surface area contributed by atoms with Crippen molar-refractivity contribution in [3.05, 3.63) is 46.9 Å². The van der Waals surface area contributed by atoms with Crippen LogP contribution in [0.1, 0.15) is 25.1 Å². The van der Waals surface area contributed by atoms with Crippen LogP contribution in [0.5, 0.6) is 0 Å². The first kappa shape index (κ1) is 23.4. The Morgan fingerprint density at radius 3 is 2.52 bits per heavy atom. The van der Waals surface area contributed by atoms with E-state index in [0.717, 1.165) is 5.56 Å². The van der Waals surface area contributed by atoms with Crippen LogP contribution in [-0.4, -0.2) is 26.0 Å². The van der Waals surface area contributed by atoms with E-state index in [1.54, 1.807) is 12.4 Å². The van der Waals surface area contributed by atoms with Gasteiger partial charge in [-0.2, -0.15) is 9.97 Å². The Kier molecular flexibility index (Phi) is 8.68. The van der Waals surface area contributed by atoms with E-state index in [-0.39, 0.29) is 47.9 Å². The van der Waals surface area contributed by atoms with Crippen LogP contribution < -0.4 is 11.1 Å². The van der Waals surface area contributed by atoms with Gasteiger partial charge in [-0.1, -0.05) is 13.8 Å². The lowest BCUT2D eigenvalue weighted by Gasteiger charge is -2.14. The van der Waals surface area contributed by atoms with Crippen molar-refractivity contribution in [3.63, 3.8) is 0 Å². The van der Waals surface area contributed by atoms with Crippen molar-refractivity contribution in [2.24, 2.45) is 11.7 Å². The third kappa shape index (κ3) is 5.42. The quantitative estimate of drug-likeness (QED) is 0.506. The van der Waals surface area contributed by atoms with Gasteiger partial charge in [0.2, 0.25) is 5.28 Å². The fourth-order valence-electron chi connectivity index (χ4n) is 2.51. The molecular formula is C17H22Cl3FN6. The van der Waals surface area contributed by atoms with Gasteiger partial charge in [0.1, 0.15) is 11.5 Å². The molecule has 3 aromatic rings. The van der Waals surface area contributed by atoms with Gasteiger partial charge in [0.05, 0.1) is 11.1 Å². The number of anilines is 1. The summed E-state index contributed by atoms with van der Waals surface area (Å²) in [6.07, 6.45) is 3.78. The van der Waals surface area contributed by atoms with Crippen molar-refractivity contribution in [1.82, 2.24) is 19.9 Å². The maximum absolute atomic E-state index is 14.9. The fraction of sp³-hybridized carbons (Fsp3) is 0.353. The molecule has 3 aromatic heterocycles. The van der Waals surface area contributed by atoms with E-state index in [2.05, 4.69) is 25.3 Å². The summed E-state index contributed by atoms with van der Waals surface area (Å²) >= 11 is 5.98. The van der Waals surface area contributed by atoms with Gasteiger partial charge in [0.25, 0.3) is 0 Å². The zero-order valence-electron chi connectivity index (χ0n) is 14.9. The van der Waals surface area contributed by atoms with E-state index >= 15 is 0 Å². The van der Waals surface area contributed by atoms with Crippen LogP contribution in [0.25, 0.3) is 11.0 Å². The van der Waals surface area contributed by atoms with Crippen LogP contribution in [0.2, 0.25) is 5.28 Å². The van der Waals surface area contributed by atoms with Gasteiger partial charge in [-0.15, -0.1) is 24.8 Å². The number of pyridine rings is 1. The molecule has 10 heteroatoms. The van der Waals surface area contributed by atoms with Gasteiger partial charge in [0.15, 0.2) is 5.82 Å². The molecule has 27 heavy (non-hydrogen) atoms. The minimum absolute atomic E-state index is 0. The third-order valence-electron chi connectivity index (χ3n) is 4.14. The van der Waals surface area contributed by atoms with Crippen LogP contribution >= 0.6 is 36.4 Å². The largest absolute Gasteiger partial charge is 0.365 e. The molecule has 148 valence electrons. The normalized spacial score (nSPS) is 11.8. The fourth-order valence-corrected chi connectivity index (χ4v) is 2.68. The molecule has 4 N–H and O–H groups in total. The van der Waals surface area contributed by atoms with Crippen LogP contribution in [0, 0.1) is 11.7 Å². The molecule has 6 nitrogen and oxygen atoms in total. The van der Waals surface area contributed by atoms with Gasteiger partial charge < -0.3 is 16.0 Å². The number of fused-ring (bicyclic) bond motifs is 1. The first-order valence-corrected chi connectivity index (χ1v) is 8.45. The molecule has 0 aliphatic heterocycles. The van der Waals surface area contributed by atoms with Gasteiger partial charge in [-0.25, -0.2) is 4.39 Å². The summed E-state index contributed by atoms with van der Waals surface area (Å²) in [4.78, 5) is 15.2. The Morgan fingerprint density at radius 1 is 1.22 bits per heavy atom. The predicted molar refractivity (Wildman–Crippen MR) is 111 cm³/mol. The topological polar surface area (TPSA) is 92.5 Å². The van der Waals surface area contributed by atoms with E-state index in [0.29, 0.717) is 35.5 Å². The Labute approximate surface area is 174 Å². The van der Waals surface area contributed by atoms with Crippen LogP contribution in [0.15, 0.2) is 24.5 Å². The highest BCUT2D eigenvalue weighted by molar-refractivity contribution is 6.28. The molecule has 0 amide bonds. The highest BCUT2D eigenvalue weighted by Crippen LogP contribution is 2.28. The van der Waals surface area contributed by atoms with Crippen molar-refractivity contribution in [2.45, 2.75) is 32.9 Å². The van der Waals surface area contributed by atoms with Crippen molar-refractivity contribution in [3.8, 4) is 0 Å². The first-order chi connectivity index (χ1) is 12.0. The monoisotopic (exact) mass is 434 g/mol. The van der Waals surface area contributed by atoms with Gasteiger partial charge >= 0.3 is 0 Å². The zero-order chi connectivity index (χ0) is 18.0. The standard InChI is InChI=1S/C17H20ClFN6.2ClH/c1-9(2)11(20)7-12-14(19)13-15(24-17(18)25-16(13)23-12)22-8-10-3-5-21-6-4-10;;/h3-6,9,11H,7-8,20H2,1-2H3,(H2,22,23,24,25);2*1H/t11-;;/m1../s1. The van der Waals surface area contributed by atoms with Crippen LogP contribution in [-0.2, 0) is 13.0 Å². The minimum Gasteiger partial charge on any atom is -0.365 e. The molecule has 0 bridgehead atoms. The Hall–Kier alpha value is -1.67. The average Bonchev–Trinajstić information content (AvgIpc) is 2.89. The summed E-state index contributed by atoms with van der Waals surface area (Å²) in [5.74, 6) is 0.203. The smallest absolute Gasteiger partial charge is 0.226 e. The molecule has 0 aromatic carbocycles. The molecule has 0 unspecified atom stereocenters. The molecule has 0 saturated carbocycles. The number of nitrogens with one attached hydrogen (secondary N) is 2. The second kappa shape index (κ2) is 10.0. The number of H-pyrrole nitrogens is 1. The van der Waals surface area contributed by atoms with Crippen LogP contribution in [0.3, 0.4) is 0 Å². The Balaban J connectivity index is 0.00000182. The lowest BCUT2D eigenvalue weighted by Crippen LogP contribution is -2.29. The number of aromatic nitrogens is 4. The van der Waals surface area contributed by atoms with E-state index in [1.165, 1.54) is 0 Å². The van der Waals surface area contributed by atoms with E-state index in [9.17, 15) is 4.39 Å². The van der Waals surface area contributed by atoms with Crippen molar-refractivity contribution >= 4 is 53.3 Å².